The van der Waals surface area contributed by atoms with E-state index >= 15 is 0 Å². The Morgan fingerprint density at radius 1 is 1.10 bits per heavy atom. The van der Waals surface area contributed by atoms with Crippen LogP contribution in [0.4, 0.5) is 4.39 Å². The molecule has 2 nitrogen and oxygen atoms in total. The minimum atomic E-state index is -0.404. The molecule has 0 radical (unpaired) electrons. The van der Waals surface area contributed by atoms with Crippen molar-refractivity contribution >= 4 is 34.2 Å². The normalized spacial score (nSPS) is 10.8. The first-order chi connectivity index (χ1) is 10.1. The lowest BCUT2D eigenvalue weighted by atomic mass is 10.1. The topological polar surface area (TPSA) is 17.8 Å². The molecule has 0 N–H and O–H groups in total. The fourth-order valence-corrected chi connectivity index (χ4v) is 2.63. The van der Waals surface area contributed by atoms with E-state index in [9.17, 15) is 4.39 Å². The largest absolute Gasteiger partial charge is 0.268 e. The number of nitrogens with zero attached hydrogens (tertiary/aromatic N) is 2. The van der Waals surface area contributed by atoms with Crippen LogP contribution in [0.1, 0.15) is 5.56 Å². The van der Waals surface area contributed by atoms with Crippen molar-refractivity contribution < 1.29 is 4.39 Å². The molecule has 106 valence electrons. The van der Waals surface area contributed by atoms with Crippen molar-refractivity contribution in [1.29, 1.82) is 0 Å². The molecule has 0 saturated carbocycles. The number of aromatic nitrogens is 2. The second-order valence-corrected chi connectivity index (χ2v) is 6.27. The van der Waals surface area contributed by atoms with Gasteiger partial charge in [-0.1, -0.05) is 35.9 Å². The summed E-state index contributed by atoms with van der Waals surface area (Å²) in [5.41, 5.74) is 2.85. The summed E-state index contributed by atoms with van der Waals surface area (Å²) in [6.45, 7) is 0.445. The predicted molar refractivity (Wildman–Crippen MR) is 90.9 cm³/mol. The van der Waals surface area contributed by atoms with Crippen LogP contribution in [0.25, 0.3) is 11.1 Å². The molecular formula is C16H11ClFIN2. The summed E-state index contributed by atoms with van der Waals surface area (Å²) < 4.78 is 16.4. The van der Waals surface area contributed by atoms with Gasteiger partial charge >= 0.3 is 0 Å². The van der Waals surface area contributed by atoms with Gasteiger partial charge in [-0.3, -0.25) is 4.68 Å². The predicted octanol–water partition coefficient (Wildman–Crippen LogP) is 5.00. The van der Waals surface area contributed by atoms with E-state index in [1.54, 1.807) is 23.0 Å². The Morgan fingerprint density at radius 2 is 1.86 bits per heavy atom. The SMILES string of the molecule is Fc1cccc(Cn2cc(-c3ccc(I)cc3)cn2)c1Cl. The first-order valence-electron chi connectivity index (χ1n) is 6.35. The molecule has 0 amide bonds. The molecule has 3 rings (SSSR count). The van der Waals surface area contributed by atoms with Crippen LogP contribution in [-0.4, -0.2) is 9.78 Å². The van der Waals surface area contributed by atoms with Crippen LogP contribution < -0.4 is 0 Å². The molecule has 0 aliphatic carbocycles. The Balaban J connectivity index is 1.85. The molecule has 0 fully saturated rings. The van der Waals surface area contributed by atoms with E-state index in [0.717, 1.165) is 11.1 Å². The maximum atomic E-state index is 13.4. The molecule has 3 aromatic rings. The Bertz CT molecular complexity index is 768. The van der Waals surface area contributed by atoms with Crippen LogP contribution >= 0.6 is 34.2 Å². The second kappa shape index (κ2) is 6.15. The minimum Gasteiger partial charge on any atom is -0.268 e. The van der Waals surface area contributed by atoms with Crippen LogP contribution in [0.5, 0.6) is 0 Å². The van der Waals surface area contributed by atoms with Crippen molar-refractivity contribution in [3.05, 3.63) is 74.8 Å². The van der Waals surface area contributed by atoms with Crippen molar-refractivity contribution in [2.45, 2.75) is 6.54 Å². The highest BCUT2D eigenvalue weighted by Gasteiger charge is 2.08. The molecule has 5 heteroatoms. The van der Waals surface area contributed by atoms with Gasteiger partial charge in [-0.05, 0) is 51.9 Å². The molecule has 0 atom stereocenters. The quantitative estimate of drug-likeness (QED) is 0.554. The van der Waals surface area contributed by atoms with Crippen molar-refractivity contribution in [3.63, 3.8) is 0 Å². The zero-order valence-corrected chi connectivity index (χ0v) is 13.8. The fraction of sp³-hybridized carbons (Fsp3) is 0.0625. The standard InChI is InChI=1S/C16H11ClFIN2/c17-16-12(2-1-3-15(16)18)9-21-10-13(8-20-21)11-4-6-14(19)7-5-11/h1-8,10H,9H2. The Morgan fingerprint density at radius 3 is 2.62 bits per heavy atom. The van der Waals surface area contributed by atoms with Crippen molar-refractivity contribution in [1.82, 2.24) is 9.78 Å². The van der Waals surface area contributed by atoms with Gasteiger partial charge in [0, 0.05) is 15.3 Å². The number of rotatable bonds is 3. The highest BCUT2D eigenvalue weighted by molar-refractivity contribution is 14.1. The molecule has 0 saturated heterocycles. The van der Waals surface area contributed by atoms with Gasteiger partial charge in [0.25, 0.3) is 0 Å². The van der Waals surface area contributed by atoms with Gasteiger partial charge < -0.3 is 0 Å². The maximum Gasteiger partial charge on any atom is 0.142 e. The average molecular weight is 413 g/mol. The first-order valence-corrected chi connectivity index (χ1v) is 7.80. The molecule has 0 aliphatic rings. The fourth-order valence-electron chi connectivity index (χ4n) is 2.09. The third-order valence-electron chi connectivity index (χ3n) is 3.17. The van der Waals surface area contributed by atoms with Crippen LogP contribution in [0.3, 0.4) is 0 Å². The Labute approximate surface area is 140 Å². The number of hydrogen-bond acceptors (Lipinski definition) is 1. The Kier molecular flexibility index (Phi) is 4.26. The maximum absolute atomic E-state index is 13.4. The molecular weight excluding hydrogens is 402 g/mol. The number of halogens is 3. The van der Waals surface area contributed by atoms with Gasteiger partial charge in [-0.15, -0.1) is 0 Å². The summed E-state index contributed by atoms with van der Waals surface area (Å²) in [5.74, 6) is -0.404. The molecule has 2 aromatic carbocycles. The van der Waals surface area contributed by atoms with E-state index in [4.69, 9.17) is 11.6 Å². The monoisotopic (exact) mass is 412 g/mol. The van der Waals surface area contributed by atoms with E-state index in [1.165, 1.54) is 9.64 Å². The lowest BCUT2D eigenvalue weighted by Crippen LogP contribution is -2.01. The van der Waals surface area contributed by atoms with Crippen LogP contribution in [-0.2, 0) is 6.54 Å². The molecule has 1 aromatic heterocycles. The van der Waals surface area contributed by atoms with E-state index in [-0.39, 0.29) is 5.02 Å². The van der Waals surface area contributed by atoms with Crippen molar-refractivity contribution in [2.24, 2.45) is 0 Å². The summed E-state index contributed by atoms with van der Waals surface area (Å²) in [6.07, 6.45) is 3.73. The van der Waals surface area contributed by atoms with Crippen LogP contribution in [0, 0.1) is 9.39 Å². The first kappa shape index (κ1) is 14.5. The zero-order chi connectivity index (χ0) is 14.8. The van der Waals surface area contributed by atoms with Gasteiger partial charge in [0.1, 0.15) is 5.82 Å². The second-order valence-electron chi connectivity index (χ2n) is 4.65. The molecule has 0 bridgehead atoms. The highest BCUT2D eigenvalue weighted by atomic mass is 127. The van der Waals surface area contributed by atoms with Crippen molar-refractivity contribution in [3.8, 4) is 11.1 Å². The van der Waals surface area contributed by atoms with Gasteiger partial charge in [0.2, 0.25) is 0 Å². The molecule has 21 heavy (non-hydrogen) atoms. The van der Waals surface area contributed by atoms with Gasteiger partial charge in [0.15, 0.2) is 0 Å². The van der Waals surface area contributed by atoms with Crippen LogP contribution in [0.2, 0.25) is 5.02 Å². The van der Waals surface area contributed by atoms with Gasteiger partial charge in [0.05, 0.1) is 17.8 Å². The summed E-state index contributed by atoms with van der Waals surface area (Å²) >= 11 is 8.24. The average Bonchev–Trinajstić information content (AvgIpc) is 2.93. The number of benzene rings is 2. The van der Waals surface area contributed by atoms with E-state index in [2.05, 4.69) is 52.0 Å². The smallest absolute Gasteiger partial charge is 0.142 e. The molecule has 0 aliphatic heterocycles. The Hall–Kier alpha value is -1.40. The highest BCUT2D eigenvalue weighted by Crippen LogP contribution is 2.23. The molecule has 0 spiro atoms. The molecule has 1 heterocycles. The third kappa shape index (κ3) is 3.27. The molecule has 0 unspecified atom stereocenters. The minimum absolute atomic E-state index is 0.156. The third-order valence-corrected chi connectivity index (χ3v) is 4.32. The zero-order valence-electron chi connectivity index (χ0n) is 10.9. The lowest BCUT2D eigenvalue weighted by Gasteiger charge is -2.05. The van der Waals surface area contributed by atoms with E-state index in [0.29, 0.717) is 12.1 Å². The summed E-state index contributed by atoms with van der Waals surface area (Å²) in [5, 5.41) is 4.47. The van der Waals surface area contributed by atoms with Gasteiger partial charge in [-0.25, -0.2) is 4.39 Å². The van der Waals surface area contributed by atoms with E-state index < -0.39 is 5.82 Å². The van der Waals surface area contributed by atoms with Gasteiger partial charge in [-0.2, -0.15) is 5.10 Å². The number of hydrogen-bond donors (Lipinski definition) is 0. The summed E-state index contributed by atoms with van der Waals surface area (Å²) in [7, 11) is 0. The van der Waals surface area contributed by atoms with Crippen molar-refractivity contribution in [2.75, 3.05) is 0 Å². The summed E-state index contributed by atoms with van der Waals surface area (Å²) in [6, 6.07) is 13.0. The summed E-state index contributed by atoms with van der Waals surface area (Å²) in [4.78, 5) is 0. The van der Waals surface area contributed by atoms with E-state index in [1.807, 2.05) is 6.20 Å². The lowest BCUT2D eigenvalue weighted by molar-refractivity contribution is 0.620. The van der Waals surface area contributed by atoms with Crippen LogP contribution in [0.15, 0.2) is 54.9 Å².